The summed E-state index contributed by atoms with van der Waals surface area (Å²) < 4.78 is 7.26. The van der Waals surface area contributed by atoms with Gasteiger partial charge in [-0.3, -0.25) is 9.20 Å². The zero-order valence-corrected chi connectivity index (χ0v) is 15.8. The number of imidazole rings is 1. The number of amides is 1. The van der Waals surface area contributed by atoms with Gasteiger partial charge in [0.1, 0.15) is 22.9 Å². The molecule has 5 nitrogen and oxygen atoms in total. The van der Waals surface area contributed by atoms with E-state index in [0.717, 1.165) is 33.8 Å². The smallest absolute Gasteiger partial charge is 0.229 e. The molecule has 0 spiro atoms. The van der Waals surface area contributed by atoms with E-state index < -0.39 is 0 Å². The number of hydrogen-bond donors (Lipinski definition) is 1. The average Bonchev–Trinajstić information content (AvgIpc) is 3.08. The van der Waals surface area contributed by atoms with Gasteiger partial charge in [-0.2, -0.15) is 0 Å². The number of pyridine rings is 1. The number of rotatable bonds is 5. The first-order valence-corrected chi connectivity index (χ1v) is 9.11. The maximum absolute atomic E-state index is 12.8. The van der Waals surface area contributed by atoms with E-state index in [2.05, 4.69) is 5.32 Å². The second-order valence-electron chi connectivity index (χ2n) is 6.63. The van der Waals surface area contributed by atoms with Crippen LogP contribution in [-0.2, 0) is 11.2 Å². The van der Waals surface area contributed by atoms with Crippen LogP contribution in [0, 0.1) is 6.92 Å². The Balaban J connectivity index is 1.66. The Morgan fingerprint density at radius 1 is 1.07 bits per heavy atom. The zero-order chi connectivity index (χ0) is 19.5. The molecule has 0 aliphatic rings. The first-order chi connectivity index (χ1) is 13.7. The van der Waals surface area contributed by atoms with Crippen LogP contribution in [0.1, 0.15) is 11.1 Å². The summed E-state index contributed by atoms with van der Waals surface area (Å²) in [5.74, 6) is 1.35. The number of anilines is 1. The van der Waals surface area contributed by atoms with E-state index in [1.54, 1.807) is 7.11 Å². The molecule has 0 aliphatic carbocycles. The van der Waals surface area contributed by atoms with Crippen molar-refractivity contribution in [2.24, 2.45) is 0 Å². The molecule has 140 valence electrons. The van der Waals surface area contributed by atoms with Crippen LogP contribution in [-0.4, -0.2) is 22.4 Å². The van der Waals surface area contributed by atoms with E-state index in [1.165, 1.54) is 0 Å². The van der Waals surface area contributed by atoms with Crippen LogP contribution >= 0.6 is 0 Å². The Kier molecular flexibility index (Phi) is 4.81. The molecule has 0 fully saturated rings. The molecule has 2 aromatic carbocycles. The fourth-order valence-electron chi connectivity index (χ4n) is 3.25. The lowest BCUT2D eigenvalue weighted by Crippen LogP contribution is -2.16. The van der Waals surface area contributed by atoms with Gasteiger partial charge in [0.25, 0.3) is 0 Å². The van der Waals surface area contributed by atoms with Gasteiger partial charge in [0.2, 0.25) is 5.91 Å². The summed E-state index contributed by atoms with van der Waals surface area (Å²) in [4.78, 5) is 17.5. The number of carbonyl (C=O) groups excluding carboxylic acids is 1. The van der Waals surface area contributed by atoms with Crippen LogP contribution in [0.2, 0.25) is 0 Å². The van der Waals surface area contributed by atoms with Crippen molar-refractivity contribution in [3.63, 3.8) is 0 Å². The third-order valence-corrected chi connectivity index (χ3v) is 4.67. The number of benzene rings is 2. The minimum absolute atomic E-state index is 0.103. The molecular formula is C23H21N3O2. The molecule has 2 heterocycles. The second-order valence-corrected chi connectivity index (χ2v) is 6.63. The molecular weight excluding hydrogens is 350 g/mol. The maximum Gasteiger partial charge on any atom is 0.229 e. The van der Waals surface area contributed by atoms with Crippen LogP contribution in [0.3, 0.4) is 0 Å². The van der Waals surface area contributed by atoms with Gasteiger partial charge in [-0.15, -0.1) is 0 Å². The molecule has 4 rings (SSSR count). The molecule has 0 bridgehead atoms. The summed E-state index contributed by atoms with van der Waals surface area (Å²) >= 11 is 0. The topological polar surface area (TPSA) is 55.6 Å². The van der Waals surface area contributed by atoms with Crippen molar-refractivity contribution >= 4 is 17.4 Å². The highest BCUT2D eigenvalue weighted by atomic mass is 16.5. The van der Waals surface area contributed by atoms with Crippen molar-refractivity contribution in [2.45, 2.75) is 13.3 Å². The van der Waals surface area contributed by atoms with Gasteiger partial charge in [-0.25, -0.2) is 4.98 Å². The van der Waals surface area contributed by atoms with E-state index in [0.29, 0.717) is 5.82 Å². The molecule has 2 aromatic heterocycles. The Morgan fingerprint density at radius 3 is 2.64 bits per heavy atom. The van der Waals surface area contributed by atoms with Gasteiger partial charge in [0.05, 0.1) is 13.5 Å². The summed E-state index contributed by atoms with van der Waals surface area (Å²) in [5.41, 5.74) is 4.43. The highest BCUT2D eigenvalue weighted by molar-refractivity contribution is 5.95. The number of nitrogens with one attached hydrogen (secondary N) is 1. The molecule has 0 aliphatic heterocycles. The van der Waals surface area contributed by atoms with E-state index in [1.807, 2.05) is 84.3 Å². The summed E-state index contributed by atoms with van der Waals surface area (Å²) in [6.45, 7) is 1.98. The predicted octanol–water partition coefficient (Wildman–Crippen LogP) is 4.50. The van der Waals surface area contributed by atoms with Crippen molar-refractivity contribution in [1.82, 2.24) is 9.38 Å². The molecule has 28 heavy (non-hydrogen) atoms. The molecule has 5 heteroatoms. The minimum atomic E-state index is -0.103. The van der Waals surface area contributed by atoms with E-state index in [-0.39, 0.29) is 12.3 Å². The van der Waals surface area contributed by atoms with Gasteiger partial charge in [-0.1, -0.05) is 48.5 Å². The highest BCUT2D eigenvalue weighted by Gasteiger charge is 2.16. The lowest BCUT2D eigenvalue weighted by atomic mass is 10.1. The van der Waals surface area contributed by atoms with Crippen LogP contribution in [0.5, 0.6) is 5.75 Å². The van der Waals surface area contributed by atoms with Crippen molar-refractivity contribution in [3.8, 4) is 17.0 Å². The highest BCUT2D eigenvalue weighted by Crippen LogP contribution is 2.29. The standard InChI is InChI=1S/C23H21N3O2/c1-16-11-12-17(14-19(16)28-2)15-21(27)25-23-22(18-8-4-3-5-9-18)24-20-10-6-7-13-26(20)23/h3-14H,15H2,1-2H3,(H,25,27). The molecule has 0 saturated heterocycles. The Hall–Kier alpha value is -3.60. The van der Waals surface area contributed by atoms with Crippen LogP contribution in [0.4, 0.5) is 5.82 Å². The predicted molar refractivity (Wildman–Crippen MR) is 111 cm³/mol. The van der Waals surface area contributed by atoms with Crippen molar-refractivity contribution in [2.75, 3.05) is 12.4 Å². The summed E-state index contributed by atoms with van der Waals surface area (Å²) in [5, 5.41) is 3.05. The Morgan fingerprint density at radius 2 is 1.86 bits per heavy atom. The molecule has 0 atom stereocenters. The fraction of sp³-hybridized carbons (Fsp3) is 0.130. The van der Waals surface area contributed by atoms with Crippen molar-refractivity contribution < 1.29 is 9.53 Å². The normalized spacial score (nSPS) is 10.8. The summed E-state index contributed by atoms with van der Waals surface area (Å²) in [7, 11) is 1.64. The average molecular weight is 371 g/mol. The van der Waals surface area contributed by atoms with E-state index >= 15 is 0 Å². The number of aromatic nitrogens is 2. The van der Waals surface area contributed by atoms with Gasteiger partial charge >= 0.3 is 0 Å². The SMILES string of the molecule is COc1cc(CC(=O)Nc2c(-c3ccccc3)nc3ccccn23)ccc1C. The number of methoxy groups -OCH3 is 1. The van der Waals surface area contributed by atoms with Gasteiger partial charge in [0.15, 0.2) is 0 Å². The summed E-state index contributed by atoms with van der Waals surface area (Å²) in [6.07, 6.45) is 2.16. The van der Waals surface area contributed by atoms with Crippen LogP contribution in [0.15, 0.2) is 72.9 Å². The summed E-state index contributed by atoms with van der Waals surface area (Å²) in [6, 6.07) is 21.5. The Labute approximate surface area is 163 Å². The molecule has 4 aromatic rings. The minimum Gasteiger partial charge on any atom is -0.496 e. The number of nitrogens with zero attached hydrogens (tertiary/aromatic N) is 2. The monoisotopic (exact) mass is 371 g/mol. The Bertz CT molecular complexity index is 1130. The first-order valence-electron chi connectivity index (χ1n) is 9.11. The number of hydrogen-bond acceptors (Lipinski definition) is 3. The zero-order valence-electron chi connectivity index (χ0n) is 15.8. The third-order valence-electron chi connectivity index (χ3n) is 4.67. The molecule has 0 radical (unpaired) electrons. The maximum atomic E-state index is 12.8. The quantitative estimate of drug-likeness (QED) is 0.562. The van der Waals surface area contributed by atoms with Crippen molar-refractivity contribution in [3.05, 3.63) is 84.1 Å². The van der Waals surface area contributed by atoms with Crippen LogP contribution < -0.4 is 10.1 Å². The fourth-order valence-corrected chi connectivity index (χ4v) is 3.25. The molecule has 0 unspecified atom stereocenters. The van der Waals surface area contributed by atoms with Crippen molar-refractivity contribution in [1.29, 1.82) is 0 Å². The van der Waals surface area contributed by atoms with Gasteiger partial charge < -0.3 is 10.1 Å². The van der Waals surface area contributed by atoms with Crippen LogP contribution in [0.25, 0.3) is 16.9 Å². The second kappa shape index (κ2) is 7.56. The number of fused-ring (bicyclic) bond motifs is 1. The lowest BCUT2D eigenvalue weighted by Gasteiger charge is -2.10. The lowest BCUT2D eigenvalue weighted by molar-refractivity contribution is -0.115. The number of carbonyl (C=O) groups is 1. The third kappa shape index (κ3) is 3.47. The first kappa shape index (κ1) is 17.8. The van der Waals surface area contributed by atoms with E-state index in [4.69, 9.17) is 9.72 Å². The number of aryl methyl sites for hydroxylation is 1. The molecule has 1 N–H and O–H groups in total. The van der Waals surface area contributed by atoms with E-state index in [9.17, 15) is 4.79 Å². The molecule has 0 saturated carbocycles. The number of ether oxygens (including phenoxy) is 1. The largest absolute Gasteiger partial charge is 0.496 e. The molecule has 1 amide bonds. The van der Waals surface area contributed by atoms with Gasteiger partial charge in [-0.05, 0) is 36.2 Å². The van der Waals surface area contributed by atoms with Gasteiger partial charge in [0, 0.05) is 11.8 Å².